The fourth-order valence-electron chi connectivity index (χ4n) is 5.29. The Bertz CT molecular complexity index is 930. The quantitative estimate of drug-likeness (QED) is 0.570. The summed E-state index contributed by atoms with van der Waals surface area (Å²) in [6.07, 6.45) is 8.49. The summed E-state index contributed by atoms with van der Waals surface area (Å²) in [7, 11) is 0. The zero-order chi connectivity index (χ0) is 18.2. The van der Waals surface area contributed by atoms with E-state index in [1.54, 1.807) is 12.1 Å². The van der Waals surface area contributed by atoms with Gasteiger partial charge in [0.15, 0.2) is 0 Å². The molecule has 27 heavy (non-hydrogen) atoms. The standard InChI is InChI=1S/C24H27FN2/c25-18-12-13-21-20(15-18)24-22(26-21)16-19-10-6-11-23(24)27(19)14-5-4-9-17-7-2-1-3-8-17/h1-3,7-8,12-13,15,19,23,26H,4-6,9-11,14,16H2/t19-,23+/m0/s1. The van der Waals surface area contributed by atoms with Crippen LogP contribution in [0.1, 0.15) is 55.0 Å². The number of H-pyrrole nitrogens is 1. The van der Waals surface area contributed by atoms with Crippen LogP contribution in [0.25, 0.3) is 10.9 Å². The fraction of sp³-hybridized carbons (Fsp3) is 0.417. The first kappa shape index (κ1) is 17.0. The number of rotatable bonds is 5. The summed E-state index contributed by atoms with van der Waals surface area (Å²) in [5.74, 6) is -0.128. The zero-order valence-corrected chi connectivity index (χ0v) is 15.8. The molecule has 3 heteroatoms. The van der Waals surface area contributed by atoms with Gasteiger partial charge in [-0.05, 0) is 74.4 Å². The van der Waals surface area contributed by atoms with Crippen LogP contribution in [0, 0.1) is 5.82 Å². The summed E-state index contributed by atoms with van der Waals surface area (Å²) >= 11 is 0. The van der Waals surface area contributed by atoms with Gasteiger partial charge in [-0.25, -0.2) is 4.39 Å². The number of halogens is 1. The second kappa shape index (κ2) is 7.12. The molecule has 0 radical (unpaired) electrons. The lowest BCUT2D eigenvalue weighted by Gasteiger charge is -2.46. The monoisotopic (exact) mass is 362 g/mol. The average Bonchev–Trinajstić information content (AvgIpc) is 3.03. The van der Waals surface area contributed by atoms with E-state index in [-0.39, 0.29) is 5.82 Å². The van der Waals surface area contributed by atoms with Crippen molar-refractivity contribution >= 4 is 10.9 Å². The Hall–Kier alpha value is -2.13. The summed E-state index contributed by atoms with van der Waals surface area (Å²) in [4.78, 5) is 6.32. The van der Waals surface area contributed by atoms with Gasteiger partial charge >= 0.3 is 0 Å². The number of aromatic nitrogens is 1. The maximum absolute atomic E-state index is 13.9. The van der Waals surface area contributed by atoms with Gasteiger partial charge in [-0.1, -0.05) is 30.3 Å². The Kier molecular flexibility index (Phi) is 4.48. The molecule has 2 aliphatic rings. The van der Waals surface area contributed by atoms with E-state index in [4.69, 9.17) is 0 Å². The van der Waals surface area contributed by atoms with Gasteiger partial charge in [0.05, 0.1) is 0 Å². The van der Waals surface area contributed by atoms with Crippen LogP contribution in [0.15, 0.2) is 48.5 Å². The summed E-state index contributed by atoms with van der Waals surface area (Å²) in [6, 6.07) is 17.1. The first-order valence-corrected chi connectivity index (χ1v) is 10.4. The molecule has 2 nitrogen and oxygen atoms in total. The molecule has 3 heterocycles. The van der Waals surface area contributed by atoms with Crippen LogP contribution in [0.3, 0.4) is 0 Å². The average molecular weight is 362 g/mol. The van der Waals surface area contributed by atoms with E-state index >= 15 is 0 Å². The van der Waals surface area contributed by atoms with Crippen molar-refractivity contribution in [3.8, 4) is 0 Å². The molecule has 2 atom stereocenters. The lowest BCUT2D eigenvalue weighted by atomic mass is 9.82. The maximum Gasteiger partial charge on any atom is 0.123 e. The van der Waals surface area contributed by atoms with Crippen LogP contribution in [-0.4, -0.2) is 22.5 Å². The molecule has 2 aliphatic heterocycles. The minimum Gasteiger partial charge on any atom is -0.358 e. The van der Waals surface area contributed by atoms with E-state index < -0.39 is 0 Å². The molecule has 1 saturated heterocycles. The molecule has 0 unspecified atom stereocenters. The van der Waals surface area contributed by atoms with Crippen LogP contribution in [-0.2, 0) is 12.8 Å². The van der Waals surface area contributed by atoms with Crippen molar-refractivity contribution < 1.29 is 4.39 Å². The highest BCUT2D eigenvalue weighted by molar-refractivity contribution is 5.85. The molecule has 140 valence electrons. The second-order valence-corrected chi connectivity index (χ2v) is 8.19. The molecule has 2 bridgehead atoms. The minimum atomic E-state index is -0.128. The van der Waals surface area contributed by atoms with Crippen molar-refractivity contribution in [1.29, 1.82) is 0 Å². The third kappa shape index (κ3) is 3.19. The normalized spacial score (nSPS) is 22.1. The predicted molar refractivity (Wildman–Crippen MR) is 108 cm³/mol. The van der Waals surface area contributed by atoms with Crippen LogP contribution >= 0.6 is 0 Å². The topological polar surface area (TPSA) is 19.0 Å². The Labute approximate surface area is 160 Å². The number of aryl methyl sites for hydroxylation is 1. The van der Waals surface area contributed by atoms with Gasteiger partial charge in [0.2, 0.25) is 0 Å². The molecule has 0 amide bonds. The molecule has 1 aromatic heterocycles. The Morgan fingerprint density at radius 1 is 1.04 bits per heavy atom. The first-order chi connectivity index (χ1) is 13.3. The molecule has 5 rings (SSSR count). The van der Waals surface area contributed by atoms with Crippen molar-refractivity contribution in [2.24, 2.45) is 0 Å². The van der Waals surface area contributed by atoms with Gasteiger partial charge in [0.25, 0.3) is 0 Å². The third-order valence-electron chi connectivity index (χ3n) is 6.51. The molecule has 2 aromatic carbocycles. The van der Waals surface area contributed by atoms with Crippen LogP contribution < -0.4 is 0 Å². The number of hydrogen-bond donors (Lipinski definition) is 1. The SMILES string of the molecule is Fc1ccc2[nH]c3c(c2c1)[C@H]1CCC[C@@H](C3)N1CCCCc1ccccc1. The molecule has 1 fully saturated rings. The van der Waals surface area contributed by atoms with E-state index in [2.05, 4.69) is 40.2 Å². The van der Waals surface area contributed by atoms with Gasteiger partial charge in [-0.2, -0.15) is 0 Å². The number of benzene rings is 2. The van der Waals surface area contributed by atoms with E-state index in [1.165, 1.54) is 48.9 Å². The van der Waals surface area contributed by atoms with Crippen molar-refractivity contribution in [3.05, 3.63) is 71.2 Å². The highest BCUT2D eigenvalue weighted by Gasteiger charge is 2.38. The van der Waals surface area contributed by atoms with Gasteiger partial charge in [-0.3, -0.25) is 4.90 Å². The zero-order valence-electron chi connectivity index (χ0n) is 15.8. The van der Waals surface area contributed by atoms with Crippen LogP contribution in [0.5, 0.6) is 0 Å². The van der Waals surface area contributed by atoms with Gasteiger partial charge in [0.1, 0.15) is 5.82 Å². The summed E-state index contributed by atoms with van der Waals surface area (Å²) in [5, 5.41) is 1.10. The molecule has 1 N–H and O–H groups in total. The predicted octanol–water partition coefficient (Wildman–Crippen LogP) is 5.78. The highest BCUT2D eigenvalue weighted by atomic mass is 19.1. The number of unbranched alkanes of at least 4 members (excludes halogenated alkanes) is 1. The summed E-state index contributed by atoms with van der Waals surface area (Å²) in [6.45, 7) is 1.16. The summed E-state index contributed by atoms with van der Waals surface area (Å²) < 4.78 is 13.9. The Balaban J connectivity index is 1.34. The molecule has 0 aliphatic carbocycles. The Morgan fingerprint density at radius 3 is 2.81 bits per heavy atom. The van der Waals surface area contributed by atoms with Gasteiger partial charge in [0, 0.05) is 35.1 Å². The number of nitrogens with one attached hydrogen (secondary N) is 1. The smallest absolute Gasteiger partial charge is 0.123 e. The molecule has 3 aromatic rings. The fourth-order valence-corrected chi connectivity index (χ4v) is 5.29. The van der Waals surface area contributed by atoms with E-state index in [1.807, 2.05) is 6.07 Å². The van der Waals surface area contributed by atoms with Crippen LogP contribution in [0.4, 0.5) is 4.39 Å². The molecular formula is C24H27FN2. The summed E-state index contributed by atoms with van der Waals surface area (Å²) in [5.41, 5.74) is 5.26. The van der Waals surface area contributed by atoms with Gasteiger partial charge < -0.3 is 4.98 Å². The molecule has 0 spiro atoms. The minimum absolute atomic E-state index is 0.128. The first-order valence-electron chi connectivity index (χ1n) is 10.4. The van der Waals surface area contributed by atoms with E-state index in [0.717, 1.165) is 30.3 Å². The maximum atomic E-state index is 13.9. The van der Waals surface area contributed by atoms with E-state index in [0.29, 0.717) is 12.1 Å². The lowest BCUT2D eigenvalue weighted by molar-refractivity contribution is 0.0676. The Morgan fingerprint density at radius 2 is 1.93 bits per heavy atom. The largest absolute Gasteiger partial charge is 0.358 e. The number of aromatic amines is 1. The van der Waals surface area contributed by atoms with Gasteiger partial charge in [-0.15, -0.1) is 0 Å². The third-order valence-corrected chi connectivity index (χ3v) is 6.51. The van der Waals surface area contributed by atoms with Crippen molar-refractivity contribution in [3.63, 3.8) is 0 Å². The van der Waals surface area contributed by atoms with Crippen molar-refractivity contribution in [1.82, 2.24) is 9.88 Å². The number of nitrogens with zero attached hydrogens (tertiary/aromatic N) is 1. The van der Waals surface area contributed by atoms with E-state index in [9.17, 15) is 4.39 Å². The second-order valence-electron chi connectivity index (χ2n) is 8.19. The van der Waals surface area contributed by atoms with Crippen molar-refractivity contribution in [2.45, 2.75) is 57.0 Å². The lowest BCUT2D eigenvalue weighted by Crippen LogP contribution is -2.46. The highest BCUT2D eigenvalue weighted by Crippen LogP contribution is 2.45. The molecule has 0 saturated carbocycles. The van der Waals surface area contributed by atoms with Crippen molar-refractivity contribution in [2.75, 3.05) is 6.54 Å². The van der Waals surface area contributed by atoms with Crippen LogP contribution in [0.2, 0.25) is 0 Å². The number of fused-ring (bicyclic) bond motifs is 6. The molecular weight excluding hydrogens is 335 g/mol. The number of piperidine rings is 1. The number of hydrogen-bond acceptors (Lipinski definition) is 1.